The van der Waals surface area contributed by atoms with Crippen LogP contribution in [0.4, 0.5) is 0 Å². The van der Waals surface area contributed by atoms with Crippen molar-refractivity contribution in [2.24, 2.45) is 10.9 Å². The number of nitrogens with two attached hydrogens (primary N) is 1. The summed E-state index contributed by atoms with van der Waals surface area (Å²) in [5, 5.41) is 11.5. The molecular weight excluding hydrogens is 278 g/mol. The van der Waals surface area contributed by atoms with Gasteiger partial charge in [-0.25, -0.2) is 8.42 Å². The van der Waals surface area contributed by atoms with Crippen LogP contribution in [0.3, 0.4) is 0 Å². The second-order valence-electron chi connectivity index (χ2n) is 4.70. The molecule has 0 spiro atoms. The van der Waals surface area contributed by atoms with Crippen LogP contribution in [0.25, 0.3) is 0 Å². The number of aryl methyl sites for hydroxylation is 2. The maximum atomic E-state index is 12.6. The molecule has 0 aliphatic heterocycles. The largest absolute Gasteiger partial charge is 0.409 e. The molecule has 20 heavy (non-hydrogen) atoms. The molecular formula is C13H21N3O3S. The van der Waals surface area contributed by atoms with Crippen LogP contribution in [0.1, 0.15) is 24.5 Å². The van der Waals surface area contributed by atoms with Gasteiger partial charge in [-0.1, -0.05) is 29.8 Å². The molecule has 0 radical (unpaired) electrons. The van der Waals surface area contributed by atoms with Crippen LogP contribution in [-0.2, 0) is 10.0 Å². The van der Waals surface area contributed by atoms with E-state index in [1.54, 1.807) is 19.1 Å². The Kier molecular flexibility index (Phi) is 5.52. The molecule has 0 amide bonds. The fraction of sp³-hybridized carbons (Fsp3) is 0.462. The van der Waals surface area contributed by atoms with E-state index in [0.29, 0.717) is 18.5 Å². The summed E-state index contributed by atoms with van der Waals surface area (Å²) in [6.45, 7) is 5.72. The van der Waals surface area contributed by atoms with E-state index < -0.39 is 10.0 Å². The summed E-state index contributed by atoms with van der Waals surface area (Å²) in [7, 11) is -3.65. The fourth-order valence-electron chi connectivity index (χ4n) is 1.97. The highest BCUT2D eigenvalue weighted by Gasteiger charge is 2.26. The van der Waals surface area contributed by atoms with Crippen LogP contribution in [0.5, 0.6) is 0 Å². The van der Waals surface area contributed by atoms with Gasteiger partial charge in [0.25, 0.3) is 0 Å². The topological polar surface area (TPSA) is 96.0 Å². The van der Waals surface area contributed by atoms with E-state index in [1.165, 1.54) is 4.31 Å². The third kappa shape index (κ3) is 3.71. The first-order valence-corrected chi connectivity index (χ1v) is 7.80. The van der Waals surface area contributed by atoms with Gasteiger partial charge in [-0.3, -0.25) is 0 Å². The minimum absolute atomic E-state index is 0.125. The zero-order valence-electron chi connectivity index (χ0n) is 12.0. The minimum atomic E-state index is -3.65. The maximum Gasteiger partial charge on any atom is 0.243 e. The van der Waals surface area contributed by atoms with Crippen molar-refractivity contribution in [2.75, 3.05) is 13.1 Å². The summed E-state index contributed by atoms with van der Waals surface area (Å²) >= 11 is 0. The average Bonchev–Trinajstić information content (AvgIpc) is 2.37. The second-order valence-corrected chi connectivity index (χ2v) is 6.61. The molecule has 0 aromatic heterocycles. The van der Waals surface area contributed by atoms with E-state index in [1.807, 2.05) is 19.9 Å². The number of sulfonamides is 1. The Morgan fingerprint density at radius 3 is 2.55 bits per heavy atom. The number of nitrogens with zero attached hydrogens (tertiary/aromatic N) is 2. The van der Waals surface area contributed by atoms with Gasteiger partial charge in [-0.05, 0) is 31.9 Å². The van der Waals surface area contributed by atoms with Crippen LogP contribution >= 0.6 is 0 Å². The van der Waals surface area contributed by atoms with Gasteiger partial charge in [0.2, 0.25) is 10.0 Å². The van der Waals surface area contributed by atoms with Crippen molar-refractivity contribution in [1.82, 2.24) is 4.31 Å². The van der Waals surface area contributed by atoms with Crippen molar-refractivity contribution in [3.8, 4) is 0 Å². The highest BCUT2D eigenvalue weighted by Crippen LogP contribution is 2.21. The monoisotopic (exact) mass is 299 g/mol. The standard InChI is InChI=1S/C13H21N3O3S/c1-4-7-16(9-13(14)15-17)20(18,19)12-6-5-10(2)8-11(12)3/h5-6,8,17H,4,7,9H2,1-3H3,(H2,14,15). The Hall–Kier alpha value is -1.60. The zero-order chi connectivity index (χ0) is 15.3. The normalized spacial score (nSPS) is 12.9. The minimum Gasteiger partial charge on any atom is -0.409 e. The number of oxime groups is 1. The molecule has 0 atom stereocenters. The molecule has 1 aromatic rings. The Bertz CT molecular complexity index is 597. The molecule has 1 aromatic carbocycles. The first-order valence-electron chi connectivity index (χ1n) is 6.36. The predicted octanol–water partition coefficient (Wildman–Crippen LogP) is 1.45. The third-order valence-corrected chi connectivity index (χ3v) is 4.89. The number of hydrogen-bond donors (Lipinski definition) is 2. The lowest BCUT2D eigenvalue weighted by molar-refractivity contribution is 0.314. The maximum absolute atomic E-state index is 12.6. The molecule has 0 aliphatic rings. The van der Waals surface area contributed by atoms with Crippen molar-refractivity contribution in [3.05, 3.63) is 29.3 Å². The Labute approximate surface area is 119 Å². The molecule has 0 fully saturated rings. The van der Waals surface area contributed by atoms with Crippen LogP contribution in [0, 0.1) is 13.8 Å². The van der Waals surface area contributed by atoms with Gasteiger partial charge in [-0.2, -0.15) is 4.31 Å². The first kappa shape index (κ1) is 16.5. The van der Waals surface area contributed by atoms with E-state index in [0.717, 1.165) is 5.56 Å². The van der Waals surface area contributed by atoms with Crippen LogP contribution in [0.2, 0.25) is 0 Å². The van der Waals surface area contributed by atoms with Gasteiger partial charge >= 0.3 is 0 Å². The summed E-state index contributed by atoms with van der Waals surface area (Å²) in [6, 6.07) is 5.17. The first-order chi connectivity index (χ1) is 9.32. The Morgan fingerprint density at radius 1 is 1.40 bits per heavy atom. The molecule has 3 N–H and O–H groups in total. The van der Waals surface area contributed by atoms with Crippen molar-refractivity contribution < 1.29 is 13.6 Å². The highest BCUT2D eigenvalue weighted by atomic mass is 32.2. The molecule has 112 valence electrons. The van der Waals surface area contributed by atoms with Gasteiger partial charge in [0.15, 0.2) is 5.84 Å². The quantitative estimate of drug-likeness (QED) is 0.359. The summed E-state index contributed by atoms with van der Waals surface area (Å²) in [5.41, 5.74) is 7.12. The smallest absolute Gasteiger partial charge is 0.243 e. The van der Waals surface area contributed by atoms with E-state index >= 15 is 0 Å². The summed E-state index contributed by atoms with van der Waals surface area (Å²) in [4.78, 5) is 0.252. The molecule has 0 unspecified atom stereocenters. The van der Waals surface area contributed by atoms with E-state index in [4.69, 9.17) is 10.9 Å². The highest BCUT2D eigenvalue weighted by molar-refractivity contribution is 7.89. The Balaban J connectivity index is 3.22. The molecule has 0 saturated carbocycles. The molecule has 6 nitrogen and oxygen atoms in total. The molecule has 0 saturated heterocycles. The van der Waals surface area contributed by atoms with Crippen LogP contribution in [0.15, 0.2) is 28.3 Å². The van der Waals surface area contributed by atoms with Gasteiger partial charge in [-0.15, -0.1) is 0 Å². The van der Waals surface area contributed by atoms with Crippen molar-refractivity contribution in [1.29, 1.82) is 0 Å². The van der Waals surface area contributed by atoms with Gasteiger partial charge in [0.05, 0.1) is 11.4 Å². The third-order valence-electron chi connectivity index (χ3n) is 2.89. The fourth-order valence-corrected chi connectivity index (χ4v) is 3.68. The number of benzene rings is 1. The van der Waals surface area contributed by atoms with Crippen LogP contribution < -0.4 is 5.73 Å². The summed E-state index contributed by atoms with van der Waals surface area (Å²) in [5.74, 6) is -0.133. The number of rotatable bonds is 6. The predicted molar refractivity (Wildman–Crippen MR) is 78.4 cm³/mol. The Morgan fingerprint density at radius 2 is 2.05 bits per heavy atom. The SMILES string of the molecule is CCCN(CC(N)=NO)S(=O)(=O)c1ccc(C)cc1C. The lowest BCUT2D eigenvalue weighted by Gasteiger charge is -2.22. The van der Waals surface area contributed by atoms with E-state index in [-0.39, 0.29) is 17.3 Å². The number of hydrogen-bond acceptors (Lipinski definition) is 4. The summed E-state index contributed by atoms with van der Waals surface area (Å²) in [6.07, 6.45) is 0.642. The van der Waals surface area contributed by atoms with Crippen molar-refractivity contribution in [2.45, 2.75) is 32.1 Å². The van der Waals surface area contributed by atoms with Gasteiger partial charge < -0.3 is 10.9 Å². The molecule has 0 aliphatic carbocycles. The van der Waals surface area contributed by atoms with Gasteiger partial charge in [0.1, 0.15) is 0 Å². The second kappa shape index (κ2) is 6.71. The van der Waals surface area contributed by atoms with E-state index in [9.17, 15) is 8.42 Å². The average molecular weight is 299 g/mol. The lowest BCUT2D eigenvalue weighted by Crippen LogP contribution is -2.39. The molecule has 1 rings (SSSR count). The molecule has 7 heteroatoms. The summed E-state index contributed by atoms with van der Waals surface area (Å²) < 4.78 is 26.5. The van der Waals surface area contributed by atoms with Gasteiger partial charge in [0, 0.05) is 6.54 Å². The van der Waals surface area contributed by atoms with E-state index in [2.05, 4.69) is 5.16 Å². The number of amidine groups is 1. The van der Waals surface area contributed by atoms with Crippen molar-refractivity contribution >= 4 is 15.9 Å². The lowest BCUT2D eigenvalue weighted by atomic mass is 10.2. The molecule has 0 bridgehead atoms. The van der Waals surface area contributed by atoms with Crippen LogP contribution in [-0.4, -0.2) is 36.9 Å². The zero-order valence-corrected chi connectivity index (χ0v) is 12.8. The van der Waals surface area contributed by atoms with Crippen molar-refractivity contribution in [3.63, 3.8) is 0 Å². The molecule has 0 heterocycles.